The van der Waals surface area contributed by atoms with E-state index in [2.05, 4.69) is 27.5 Å². The lowest BCUT2D eigenvalue weighted by molar-refractivity contribution is -0.118. The van der Waals surface area contributed by atoms with Crippen molar-refractivity contribution in [2.75, 3.05) is 37.9 Å². The Morgan fingerprint density at radius 3 is 2.84 bits per heavy atom. The van der Waals surface area contributed by atoms with E-state index in [1.807, 2.05) is 24.3 Å². The maximum absolute atomic E-state index is 11.9. The molecule has 0 spiro atoms. The van der Waals surface area contributed by atoms with E-state index in [0.717, 1.165) is 42.5 Å². The number of benzene rings is 1. The first kappa shape index (κ1) is 19.5. The summed E-state index contributed by atoms with van der Waals surface area (Å²) in [7, 11) is 1.65. The monoisotopic (exact) mass is 362 g/mol. The van der Waals surface area contributed by atoms with Gasteiger partial charge in [0.1, 0.15) is 5.82 Å². The molecule has 1 aromatic heterocycles. The molecule has 0 bridgehead atoms. The minimum Gasteiger partial charge on any atom is -0.385 e. The van der Waals surface area contributed by atoms with Gasteiger partial charge in [-0.3, -0.25) is 4.79 Å². The van der Waals surface area contributed by atoms with Crippen LogP contribution in [0, 0.1) is 0 Å². The number of ether oxygens (including phenoxy) is 1. The molecule has 0 radical (unpaired) electrons. The zero-order valence-electron chi connectivity index (χ0n) is 14.9. The van der Waals surface area contributed by atoms with E-state index in [0.29, 0.717) is 24.1 Å². The third-order valence-electron chi connectivity index (χ3n) is 3.59. The minimum absolute atomic E-state index is 0.0154. The Morgan fingerprint density at radius 2 is 2.04 bits per heavy atom. The molecule has 136 valence electrons. The summed E-state index contributed by atoms with van der Waals surface area (Å²) in [4.78, 5) is 21.0. The lowest BCUT2D eigenvalue weighted by Crippen LogP contribution is -2.26. The number of unbranched alkanes of at least 4 members (excludes halogenated alkanes) is 1. The van der Waals surface area contributed by atoms with Crippen LogP contribution in [-0.4, -0.2) is 48.4 Å². The number of anilines is 1. The van der Waals surface area contributed by atoms with E-state index < -0.39 is 0 Å². The standard InChI is InChI=1S/C18H26N4O2S/c1-3-4-10-20-17-14-8-5-6-9-15(14)21-18(22-17)25-13-16(23)19-11-7-12-24-2/h5-6,8-9H,3-4,7,10-13H2,1-2H3,(H,19,23)(H,20,21,22). The largest absolute Gasteiger partial charge is 0.385 e. The van der Waals surface area contributed by atoms with Crippen LogP contribution < -0.4 is 10.6 Å². The van der Waals surface area contributed by atoms with Crippen molar-refractivity contribution in [3.8, 4) is 0 Å². The number of thioether (sulfide) groups is 1. The Morgan fingerprint density at radius 1 is 1.20 bits per heavy atom. The fourth-order valence-electron chi connectivity index (χ4n) is 2.26. The van der Waals surface area contributed by atoms with Crippen molar-refractivity contribution in [1.29, 1.82) is 0 Å². The molecule has 0 atom stereocenters. The van der Waals surface area contributed by atoms with Crippen LogP contribution in [0.3, 0.4) is 0 Å². The molecule has 1 aromatic carbocycles. The summed E-state index contributed by atoms with van der Waals surface area (Å²) in [5, 5.41) is 7.88. The van der Waals surface area contributed by atoms with Gasteiger partial charge in [-0.2, -0.15) is 0 Å². The van der Waals surface area contributed by atoms with Gasteiger partial charge in [-0.15, -0.1) is 0 Å². The van der Waals surface area contributed by atoms with Crippen LogP contribution >= 0.6 is 11.8 Å². The van der Waals surface area contributed by atoms with Crippen molar-refractivity contribution < 1.29 is 9.53 Å². The van der Waals surface area contributed by atoms with Gasteiger partial charge in [-0.25, -0.2) is 9.97 Å². The Kier molecular flexibility index (Phi) is 8.48. The first-order chi connectivity index (χ1) is 12.2. The molecule has 2 rings (SSSR count). The highest BCUT2D eigenvalue weighted by atomic mass is 32.2. The van der Waals surface area contributed by atoms with Crippen LogP contribution in [0.15, 0.2) is 29.4 Å². The number of carbonyl (C=O) groups excluding carboxylic acids is 1. The average Bonchev–Trinajstić information content (AvgIpc) is 2.63. The number of rotatable bonds is 11. The third-order valence-corrected chi connectivity index (χ3v) is 4.43. The maximum atomic E-state index is 11.9. The van der Waals surface area contributed by atoms with Crippen molar-refractivity contribution in [2.24, 2.45) is 0 Å². The molecular formula is C18H26N4O2S. The van der Waals surface area contributed by atoms with Gasteiger partial charge in [-0.1, -0.05) is 37.2 Å². The summed E-state index contributed by atoms with van der Waals surface area (Å²) in [5.41, 5.74) is 0.888. The van der Waals surface area contributed by atoms with Gasteiger partial charge >= 0.3 is 0 Å². The molecule has 0 unspecified atom stereocenters. The van der Waals surface area contributed by atoms with Gasteiger partial charge in [0.05, 0.1) is 11.3 Å². The van der Waals surface area contributed by atoms with Crippen molar-refractivity contribution in [3.63, 3.8) is 0 Å². The summed E-state index contributed by atoms with van der Waals surface area (Å²) in [6, 6.07) is 7.93. The quantitative estimate of drug-likeness (QED) is 0.363. The molecule has 2 N–H and O–H groups in total. The van der Waals surface area contributed by atoms with Gasteiger partial charge in [0, 0.05) is 32.2 Å². The fourth-order valence-corrected chi connectivity index (χ4v) is 2.94. The van der Waals surface area contributed by atoms with E-state index in [1.165, 1.54) is 11.8 Å². The summed E-state index contributed by atoms with van der Waals surface area (Å²) >= 11 is 1.36. The SMILES string of the molecule is CCCCNc1nc(SCC(=O)NCCCOC)nc2ccccc12. The molecule has 1 heterocycles. The number of hydrogen-bond donors (Lipinski definition) is 2. The first-order valence-electron chi connectivity index (χ1n) is 8.63. The van der Waals surface area contributed by atoms with Crippen molar-refractivity contribution in [1.82, 2.24) is 15.3 Å². The molecular weight excluding hydrogens is 336 g/mol. The number of para-hydroxylation sites is 1. The summed E-state index contributed by atoms with van der Waals surface area (Å²) in [6.07, 6.45) is 3.02. The van der Waals surface area contributed by atoms with Crippen LogP contribution in [0.1, 0.15) is 26.2 Å². The topological polar surface area (TPSA) is 76.1 Å². The van der Waals surface area contributed by atoms with Crippen LogP contribution in [0.4, 0.5) is 5.82 Å². The maximum Gasteiger partial charge on any atom is 0.230 e. The van der Waals surface area contributed by atoms with E-state index in [4.69, 9.17) is 4.74 Å². The highest BCUT2D eigenvalue weighted by Gasteiger charge is 2.09. The Bertz CT molecular complexity index is 681. The van der Waals surface area contributed by atoms with Crippen LogP contribution in [0.2, 0.25) is 0 Å². The summed E-state index contributed by atoms with van der Waals surface area (Å²) in [6.45, 7) is 4.30. The number of fused-ring (bicyclic) bond motifs is 1. The number of nitrogens with zero attached hydrogens (tertiary/aromatic N) is 2. The fraction of sp³-hybridized carbons (Fsp3) is 0.500. The Balaban J connectivity index is 1.99. The van der Waals surface area contributed by atoms with Gasteiger partial charge in [0.25, 0.3) is 0 Å². The molecule has 0 saturated heterocycles. The second-order valence-corrected chi connectivity index (χ2v) is 6.58. The predicted molar refractivity (Wildman–Crippen MR) is 103 cm³/mol. The predicted octanol–water partition coefficient (Wildman–Crippen LogP) is 3.09. The van der Waals surface area contributed by atoms with E-state index in [-0.39, 0.29) is 5.91 Å². The summed E-state index contributed by atoms with van der Waals surface area (Å²) in [5.74, 6) is 1.13. The first-order valence-corrected chi connectivity index (χ1v) is 9.62. The van der Waals surface area contributed by atoms with Crippen LogP contribution in [-0.2, 0) is 9.53 Å². The highest BCUT2D eigenvalue weighted by molar-refractivity contribution is 7.99. The normalized spacial score (nSPS) is 10.8. The second kappa shape index (κ2) is 10.9. The zero-order chi connectivity index (χ0) is 17.9. The Hall–Kier alpha value is -1.86. The van der Waals surface area contributed by atoms with Crippen LogP contribution in [0.5, 0.6) is 0 Å². The van der Waals surface area contributed by atoms with Crippen LogP contribution in [0.25, 0.3) is 10.9 Å². The number of amides is 1. The van der Waals surface area contributed by atoms with E-state index >= 15 is 0 Å². The lowest BCUT2D eigenvalue weighted by Gasteiger charge is -2.10. The molecule has 0 fully saturated rings. The number of methoxy groups -OCH3 is 1. The van der Waals surface area contributed by atoms with Gasteiger partial charge in [0.2, 0.25) is 5.91 Å². The molecule has 1 amide bonds. The van der Waals surface area contributed by atoms with Gasteiger partial charge in [0.15, 0.2) is 5.16 Å². The van der Waals surface area contributed by atoms with E-state index in [9.17, 15) is 4.79 Å². The molecule has 2 aromatic rings. The molecule has 0 aliphatic rings. The van der Waals surface area contributed by atoms with Crippen molar-refractivity contribution in [2.45, 2.75) is 31.3 Å². The number of nitrogens with one attached hydrogen (secondary N) is 2. The number of hydrogen-bond acceptors (Lipinski definition) is 6. The summed E-state index contributed by atoms with van der Waals surface area (Å²) < 4.78 is 4.96. The van der Waals surface area contributed by atoms with Crippen molar-refractivity contribution in [3.05, 3.63) is 24.3 Å². The molecule has 25 heavy (non-hydrogen) atoms. The van der Waals surface area contributed by atoms with Gasteiger partial charge in [-0.05, 0) is 25.0 Å². The Labute approximate surface area is 153 Å². The van der Waals surface area contributed by atoms with Gasteiger partial charge < -0.3 is 15.4 Å². The number of aromatic nitrogens is 2. The highest BCUT2D eigenvalue weighted by Crippen LogP contribution is 2.24. The molecule has 0 aliphatic carbocycles. The van der Waals surface area contributed by atoms with E-state index in [1.54, 1.807) is 7.11 Å². The average molecular weight is 362 g/mol. The lowest BCUT2D eigenvalue weighted by atomic mass is 10.2. The molecule has 0 saturated carbocycles. The minimum atomic E-state index is -0.0154. The third kappa shape index (κ3) is 6.51. The smallest absolute Gasteiger partial charge is 0.230 e. The molecule has 0 aliphatic heterocycles. The molecule has 7 heteroatoms. The van der Waals surface area contributed by atoms with Crippen molar-refractivity contribution >= 4 is 34.4 Å². The zero-order valence-corrected chi connectivity index (χ0v) is 15.7. The molecule has 6 nitrogen and oxygen atoms in total. The number of carbonyl (C=O) groups is 1. The second-order valence-electron chi connectivity index (χ2n) is 5.64.